The molecule has 0 bridgehead atoms. The molecule has 1 aliphatic heterocycles. The minimum atomic E-state index is -3.72. The zero-order valence-electron chi connectivity index (χ0n) is 12.1. The van der Waals surface area contributed by atoms with Gasteiger partial charge in [-0.3, -0.25) is 0 Å². The summed E-state index contributed by atoms with van der Waals surface area (Å²) in [6.07, 6.45) is 0. The van der Waals surface area contributed by atoms with Crippen LogP contribution in [0.5, 0.6) is 0 Å². The molecule has 1 saturated heterocycles. The van der Waals surface area contributed by atoms with Crippen molar-refractivity contribution >= 4 is 39.3 Å². The fourth-order valence-corrected chi connectivity index (χ4v) is 4.38. The lowest BCUT2D eigenvalue weighted by atomic mass is 10.4. The van der Waals surface area contributed by atoms with Crippen molar-refractivity contribution in [3.63, 3.8) is 0 Å². The normalized spacial score (nSPS) is 16.6. The van der Waals surface area contributed by atoms with Crippen molar-refractivity contribution in [2.24, 2.45) is 0 Å². The van der Waals surface area contributed by atoms with Gasteiger partial charge in [0, 0.05) is 32.7 Å². The highest BCUT2D eigenvalue weighted by atomic mass is 35.5. The minimum Gasteiger partial charge on any atom is -0.338 e. The van der Waals surface area contributed by atoms with Gasteiger partial charge in [0.15, 0.2) is 0 Å². The number of urea groups is 1. The standard InChI is InChI=1S/C13H17Cl2N3O3S/c1-2-16-13(19)17-6-8-18(9-7-17)22(20,21)11-5-3-4-10(14)12(11)15/h3-5H,2,6-9H2,1H3,(H,16,19). The lowest BCUT2D eigenvalue weighted by Crippen LogP contribution is -2.53. The summed E-state index contributed by atoms with van der Waals surface area (Å²) in [4.78, 5) is 13.3. The molecule has 0 radical (unpaired) electrons. The van der Waals surface area contributed by atoms with Crippen molar-refractivity contribution in [3.05, 3.63) is 28.2 Å². The Morgan fingerprint density at radius 2 is 1.86 bits per heavy atom. The number of rotatable bonds is 3. The number of sulfonamides is 1. The zero-order valence-corrected chi connectivity index (χ0v) is 14.4. The maximum Gasteiger partial charge on any atom is 0.317 e. The SMILES string of the molecule is CCNC(=O)N1CCN(S(=O)(=O)c2cccc(Cl)c2Cl)CC1. The molecule has 2 amide bonds. The molecule has 2 rings (SSSR count). The lowest BCUT2D eigenvalue weighted by Gasteiger charge is -2.34. The first-order valence-corrected chi connectivity index (χ1v) is 9.04. The number of halogens is 2. The van der Waals surface area contributed by atoms with Gasteiger partial charge in [0.2, 0.25) is 10.0 Å². The molecule has 1 aromatic carbocycles. The first-order chi connectivity index (χ1) is 10.4. The van der Waals surface area contributed by atoms with Crippen molar-refractivity contribution in [2.75, 3.05) is 32.7 Å². The Labute approximate surface area is 140 Å². The number of carbonyl (C=O) groups excluding carboxylic acids is 1. The maximum atomic E-state index is 12.6. The monoisotopic (exact) mass is 365 g/mol. The number of hydrogen-bond acceptors (Lipinski definition) is 3. The first-order valence-electron chi connectivity index (χ1n) is 6.85. The van der Waals surface area contributed by atoms with E-state index < -0.39 is 10.0 Å². The number of nitrogens with zero attached hydrogens (tertiary/aromatic N) is 2. The van der Waals surface area contributed by atoms with Gasteiger partial charge in [0.25, 0.3) is 0 Å². The smallest absolute Gasteiger partial charge is 0.317 e. The van der Waals surface area contributed by atoms with E-state index in [1.165, 1.54) is 16.4 Å². The molecule has 0 spiro atoms. The first kappa shape index (κ1) is 17.3. The number of hydrogen-bond donors (Lipinski definition) is 1. The van der Waals surface area contributed by atoms with Crippen LogP contribution in [0, 0.1) is 0 Å². The Hall–Kier alpha value is -1.02. The third-order valence-electron chi connectivity index (χ3n) is 3.39. The second-order valence-electron chi connectivity index (χ2n) is 4.78. The zero-order chi connectivity index (χ0) is 16.3. The van der Waals surface area contributed by atoms with Crippen LogP contribution in [0.25, 0.3) is 0 Å². The van der Waals surface area contributed by atoms with Gasteiger partial charge >= 0.3 is 6.03 Å². The molecule has 1 N–H and O–H groups in total. The summed E-state index contributed by atoms with van der Waals surface area (Å²) in [5.74, 6) is 0. The van der Waals surface area contributed by atoms with Gasteiger partial charge in [-0.15, -0.1) is 0 Å². The van der Waals surface area contributed by atoms with Crippen molar-refractivity contribution in [2.45, 2.75) is 11.8 Å². The van der Waals surface area contributed by atoms with E-state index in [4.69, 9.17) is 23.2 Å². The summed E-state index contributed by atoms with van der Waals surface area (Å²) in [7, 11) is -3.72. The molecule has 22 heavy (non-hydrogen) atoms. The van der Waals surface area contributed by atoms with Crippen LogP contribution in [0.15, 0.2) is 23.1 Å². The van der Waals surface area contributed by atoms with Crippen molar-refractivity contribution in [1.82, 2.24) is 14.5 Å². The van der Waals surface area contributed by atoms with Gasteiger partial charge in [-0.25, -0.2) is 13.2 Å². The number of benzene rings is 1. The number of piperazine rings is 1. The van der Waals surface area contributed by atoms with E-state index >= 15 is 0 Å². The van der Waals surface area contributed by atoms with Gasteiger partial charge in [-0.05, 0) is 19.1 Å². The van der Waals surface area contributed by atoms with Crippen LogP contribution in [-0.4, -0.2) is 56.4 Å². The van der Waals surface area contributed by atoms with Crippen LogP contribution in [0.1, 0.15) is 6.92 Å². The summed E-state index contributed by atoms with van der Waals surface area (Å²) in [6.45, 7) is 3.49. The van der Waals surface area contributed by atoms with E-state index in [-0.39, 0.29) is 34.1 Å². The van der Waals surface area contributed by atoms with Gasteiger partial charge in [-0.1, -0.05) is 29.3 Å². The number of amides is 2. The van der Waals surface area contributed by atoms with Crippen LogP contribution in [-0.2, 0) is 10.0 Å². The second kappa shape index (κ2) is 7.04. The van der Waals surface area contributed by atoms with Crippen molar-refractivity contribution in [3.8, 4) is 0 Å². The summed E-state index contributed by atoms with van der Waals surface area (Å²) < 4.78 is 26.6. The molecule has 0 unspecified atom stereocenters. The van der Waals surface area contributed by atoms with E-state index in [0.717, 1.165) is 0 Å². The molecule has 1 heterocycles. The maximum absolute atomic E-state index is 12.6. The van der Waals surface area contributed by atoms with Crippen molar-refractivity contribution < 1.29 is 13.2 Å². The molecule has 0 aliphatic carbocycles. The molecule has 1 fully saturated rings. The fraction of sp³-hybridized carbons (Fsp3) is 0.462. The van der Waals surface area contributed by atoms with Crippen molar-refractivity contribution in [1.29, 1.82) is 0 Å². The molecule has 0 saturated carbocycles. The Balaban J connectivity index is 2.13. The van der Waals surface area contributed by atoms with E-state index in [2.05, 4.69) is 5.32 Å². The largest absolute Gasteiger partial charge is 0.338 e. The highest BCUT2D eigenvalue weighted by Gasteiger charge is 2.31. The van der Waals surface area contributed by atoms with Gasteiger partial charge in [-0.2, -0.15) is 4.31 Å². The second-order valence-corrected chi connectivity index (χ2v) is 7.47. The fourth-order valence-electron chi connectivity index (χ4n) is 2.22. The van der Waals surface area contributed by atoms with E-state index in [0.29, 0.717) is 19.6 Å². The quantitative estimate of drug-likeness (QED) is 0.890. The van der Waals surface area contributed by atoms with Crippen LogP contribution in [0.4, 0.5) is 4.79 Å². The molecular weight excluding hydrogens is 349 g/mol. The van der Waals surface area contributed by atoms with E-state index in [9.17, 15) is 13.2 Å². The van der Waals surface area contributed by atoms with Gasteiger partial charge in [0.05, 0.1) is 10.0 Å². The minimum absolute atomic E-state index is 0.00636. The third kappa shape index (κ3) is 3.48. The van der Waals surface area contributed by atoms with E-state index in [1.807, 2.05) is 6.92 Å². The number of carbonyl (C=O) groups is 1. The van der Waals surface area contributed by atoms with Crippen LogP contribution < -0.4 is 5.32 Å². The van der Waals surface area contributed by atoms with E-state index in [1.54, 1.807) is 11.0 Å². The average Bonchev–Trinajstić information content (AvgIpc) is 2.50. The molecule has 0 atom stereocenters. The molecule has 9 heteroatoms. The molecular formula is C13H17Cl2N3O3S. The lowest BCUT2D eigenvalue weighted by molar-refractivity contribution is 0.173. The Morgan fingerprint density at radius 1 is 1.23 bits per heavy atom. The molecule has 122 valence electrons. The highest BCUT2D eigenvalue weighted by Crippen LogP contribution is 2.31. The van der Waals surface area contributed by atoms with Crippen LogP contribution in [0.2, 0.25) is 10.0 Å². The topological polar surface area (TPSA) is 69.7 Å². The van der Waals surface area contributed by atoms with Gasteiger partial charge < -0.3 is 10.2 Å². The predicted octanol–water partition coefficient (Wildman–Crippen LogP) is 2.03. The number of nitrogens with one attached hydrogen (secondary N) is 1. The summed E-state index contributed by atoms with van der Waals surface area (Å²) in [6, 6.07) is 4.34. The Kier molecular flexibility index (Phi) is 5.55. The predicted molar refractivity (Wildman–Crippen MR) is 85.9 cm³/mol. The average molecular weight is 366 g/mol. The van der Waals surface area contributed by atoms with Crippen LogP contribution >= 0.6 is 23.2 Å². The summed E-state index contributed by atoms with van der Waals surface area (Å²) in [5.41, 5.74) is 0. The van der Waals surface area contributed by atoms with Crippen LogP contribution in [0.3, 0.4) is 0 Å². The summed E-state index contributed by atoms with van der Waals surface area (Å²) >= 11 is 11.9. The molecule has 0 aromatic heterocycles. The molecule has 1 aromatic rings. The Bertz CT molecular complexity index is 658. The Morgan fingerprint density at radius 3 is 2.45 bits per heavy atom. The molecule has 1 aliphatic rings. The highest BCUT2D eigenvalue weighted by molar-refractivity contribution is 7.89. The molecule has 6 nitrogen and oxygen atoms in total. The third-order valence-corrected chi connectivity index (χ3v) is 6.26. The van der Waals surface area contributed by atoms with Gasteiger partial charge in [0.1, 0.15) is 4.90 Å². The summed E-state index contributed by atoms with van der Waals surface area (Å²) in [5, 5.41) is 2.92.